The van der Waals surface area contributed by atoms with Gasteiger partial charge in [0.2, 0.25) is 0 Å². The second kappa shape index (κ2) is 10.9. The van der Waals surface area contributed by atoms with Crippen molar-refractivity contribution in [3.05, 3.63) is 48.5 Å². The smallest absolute Gasteiger partial charge is 0.0916 e. The molecule has 0 amide bonds. The maximum atomic E-state index is 9.08. The molecular weight excluding hydrogens is 544 g/mol. The van der Waals surface area contributed by atoms with E-state index in [4.69, 9.17) is 13.0 Å². The second-order valence-corrected chi connectivity index (χ2v) is 24.2. The first kappa shape index (κ1) is 30.3. The molecule has 7 heteroatoms. The van der Waals surface area contributed by atoms with Crippen LogP contribution in [0.4, 0.5) is 5.69 Å². The van der Waals surface area contributed by atoms with E-state index in [0.717, 1.165) is 0 Å². The van der Waals surface area contributed by atoms with Crippen LogP contribution < -0.4 is 9.35 Å². The summed E-state index contributed by atoms with van der Waals surface area (Å²) in [7, 11) is -1.90. The molecule has 0 aliphatic rings. The molecule has 0 spiro atoms. The Bertz CT molecular complexity index is 988. The quantitative estimate of drug-likeness (QED) is 0.258. The van der Waals surface area contributed by atoms with Crippen LogP contribution in [-0.4, -0.2) is 41.7 Å². The minimum atomic E-state index is -3.92. The molecule has 0 radical (unpaired) electrons. The van der Waals surface area contributed by atoms with Crippen LogP contribution in [0.5, 0.6) is 0 Å². The Labute approximate surface area is 211 Å². The van der Waals surface area contributed by atoms with E-state index in [2.05, 4.69) is 116 Å². The molecule has 0 aromatic heterocycles. The predicted molar refractivity (Wildman–Crippen MR) is 144 cm³/mol. The van der Waals surface area contributed by atoms with Crippen molar-refractivity contribution in [1.82, 2.24) is 0 Å². The first-order valence-corrected chi connectivity index (χ1v) is 17.9. The predicted octanol–water partition coefficient (Wildman–Crippen LogP) is 6.32. The average molecular weight is 587 g/mol. The Morgan fingerprint density at radius 1 is 0.758 bits per heavy atom. The number of hydrogen-bond acceptors (Lipinski definition) is 4. The molecule has 2 rings (SSSR count). The molecule has 1 N–H and O–H groups in total. The third-order valence-electron chi connectivity index (χ3n) is 5.50. The van der Waals surface area contributed by atoms with Gasteiger partial charge in [-0.15, -0.1) is 0 Å². The summed E-state index contributed by atoms with van der Waals surface area (Å²) in [5.41, 5.74) is 2.12. The van der Waals surface area contributed by atoms with Crippen molar-refractivity contribution in [2.75, 3.05) is 18.6 Å². The Hall–Kier alpha value is -0.758. The van der Waals surface area contributed by atoms with Gasteiger partial charge >= 0.3 is 182 Å². The standard InChI is InChI=1S/C13H12N.C12H27P.CH4O3S.Pd/c1-14-13-10-6-5-9-12(13)11-7-3-2-4-8-11;1-10(2,3)13(11(4,5)6)12(7,8)9;1-5(2,3)4;/h2-7,9-10,14H,1H3;1-9H3;1H3,(H,2,3,4);. The van der Waals surface area contributed by atoms with Crippen LogP contribution in [0.25, 0.3) is 11.1 Å². The minimum Gasteiger partial charge on any atom is -0.748 e. The SMILES string of the molecule is CNc1ccccc1-c1cccc[c]1[Pd+][PH](C(C)(C)C)(C(C)(C)C)C(C)(C)C.CS(=O)(=O)[O-]. The summed E-state index contributed by atoms with van der Waals surface area (Å²) in [5, 5.41) is 4.33. The van der Waals surface area contributed by atoms with Gasteiger partial charge in [0, 0.05) is 6.26 Å². The van der Waals surface area contributed by atoms with Gasteiger partial charge in [-0.05, 0) is 0 Å². The van der Waals surface area contributed by atoms with Crippen molar-refractivity contribution in [2.24, 2.45) is 0 Å². The Morgan fingerprint density at radius 2 is 1.12 bits per heavy atom. The van der Waals surface area contributed by atoms with Crippen LogP contribution in [-0.2, 0) is 27.6 Å². The van der Waals surface area contributed by atoms with E-state index < -0.39 is 15.6 Å². The van der Waals surface area contributed by atoms with Gasteiger partial charge in [0.1, 0.15) is 0 Å². The number of hydrogen-bond donors (Lipinski definition) is 1. The molecule has 0 fully saturated rings. The molecule has 0 atom stereocenters. The molecule has 2 aromatic carbocycles. The van der Waals surface area contributed by atoms with Crippen molar-refractivity contribution in [3.63, 3.8) is 0 Å². The summed E-state index contributed by atoms with van der Waals surface area (Å²) >= 11 is 0.582. The van der Waals surface area contributed by atoms with E-state index in [1.165, 1.54) is 16.8 Å². The van der Waals surface area contributed by atoms with Gasteiger partial charge in [0.05, 0.1) is 10.1 Å². The van der Waals surface area contributed by atoms with Crippen LogP contribution in [0.2, 0.25) is 0 Å². The zero-order valence-corrected chi connectivity index (χ0v) is 25.4. The molecule has 4 nitrogen and oxygen atoms in total. The number of para-hydroxylation sites is 1. The fourth-order valence-corrected chi connectivity index (χ4v) is 22.0. The van der Waals surface area contributed by atoms with Crippen molar-refractivity contribution < 1.29 is 30.5 Å². The molecule has 0 aliphatic heterocycles. The van der Waals surface area contributed by atoms with E-state index in [0.29, 0.717) is 39.2 Å². The average Bonchev–Trinajstić information content (AvgIpc) is 2.62. The van der Waals surface area contributed by atoms with Gasteiger partial charge in [-0.3, -0.25) is 0 Å². The third kappa shape index (κ3) is 7.61. The van der Waals surface area contributed by atoms with Crippen molar-refractivity contribution in [2.45, 2.75) is 77.8 Å². The number of nitrogens with one attached hydrogen (secondary N) is 1. The summed E-state index contributed by atoms with van der Waals surface area (Å²) in [6.45, 7) is 22.5. The van der Waals surface area contributed by atoms with Gasteiger partial charge in [-0.2, -0.15) is 0 Å². The second-order valence-electron chi connectivity index (χ2n) is 11.4. The summed E-state index contributed by atoms with van der Waals surface area (Å²) < 4.78 is 28.8. The Morgan fingerprint density at radius 3 is 1.52 bits per heavy atom. The Balaban J connectivity index is 0.000000981. The summed E-state index contributed by atoms with van der Waals surface area (Å²) in [6.07, 6.45) is 0.604. The van der Waals surface area contributed by atoms with Crippen LogP contribution in [0.15, 0.2) is 48.5 Å². The molecule has 0 aliphatic carbocycles. The number of benzene rings is 2. The van der Waals surface area contributed by atoms with Crippen LogP contribution in [0.3, 0.4) is 0 Å². The molecule has 33 heavy (non-hydrogen) atoms. The molecule has 0 heterocycles. The molecule has 0 unspecified atom stereocenters. The third-order valence-corrected chi connectivity index (χ3v) is 26.0. The molecular formula is C26H43NO3PPdS. The number of rotatable bonds is 4. The van der Waals surface area contributed by atoms with Gasteiger partial charge in [-0.1, -0.05) is 0 Å². The fraction of sp³-hybridized carbons (Fsp3) is 0.538. The molecule has 0 saturated heterocycles. The monoisotopic (exact) mass is 586 g/mol. The van der Waals surface area contributed by atoms with Crippen LogP contribution >= 0.6 is 5.45 Å². The largest absolute Gasteiger partial charge is 0.748 e. The first-order chi connectivity index (χ1) is 14.8. The van der Waals surface area contributed by atoms with E-state index in [9.17, 15) is 0 Å². The zero-order valence-electron chi connectivity index (χ0n) is 22.1. The maximum Gasteiger partial charge on any atom is 0.0916 e. The molecule has 191 valence electrons. The van der Waals surface area contributed by atoms with Gasteiger partial charge < -0.3 is 4.55 Å². The minimum absolute atomic E-state index is 0.313. The summed E-state index contributed by atoms with van der Waals surface area (Å²) in [5.74, 6) is 0. The van der Waals surface area contributed by atoms with Crippen LogP contribution in [0, 0.1) is 0 Å². The van der Waals surface area contributed by atoms with E-state index in [-0.39, 0.29) is 0 Å². The van der Waals surface area contributed by atoms with Crippen molar-refractivity contribution in [3.8, 4) is 11.1 Å². The Kier molecular flexibility index (Phi) is 9.98. The topological polar surface area (TPSA) is 69.2 Å². The summed E-state index contributed by atoms with van der Waals surface area (Å²) in [6, 6.07) is 17.8. The van der Waals surface area contributed by atoms with Gasteiger partial charge in [0.15, 0.2) is 0 Å². The van der Waals surface area contributed by atoms with E-state index in [1.54, 1.807) is 4.04 Å². The van der Waals surface area contributed by atoms with Gasteiger partial charge in [0.25, 0.3) is 0 Å². The summed E-state index contributed by atoms with van der Waals surface area (Å²) in [4.78, 5) is 0. The zero-order chi connectivity index (χ0) is 25.9. The van der Waals surface area contributed by atoms with Crippen molar-refractivity contribution >= 4 is 25.3 Å². The fourth-order valence-electron chi connectivity index (χ4n) is 5.52. The normalized spacial score (nSPS) is 13.8. The molecule has 2 aromatic rings. The number of anilines is 1. The van der Waals surface area contributed by atoms with E-state index >= 15 is 0 Å². The van der Waals surface area contributed by atoms with Crippen LogP contribution in [0.1, 0.15) is 62.3 Å². The maximum absolute atomic E-state index is 9.08. The molecule has 0 bridgehead atoms. The van der Waals surface area contributed by atoms with Gasteiger partial charge in [-0.25, -0.2) is 8.42 Å². The van der Waals surface area contributed by atoms with Crippen molar-refractivity contribution in [1.29, 1.82) is 0 Å². The van der Waals surface area contributed by atoms with E-state index in [1.807, 2.05) is 7.05 Å². The first-order valence-electron chi connectivity index (χ1n) is 11.1. The molecule has 0 saturated carbocycles.